The van der Waals surface area contributed by atoms with Crippen LogP contribution in [0.15, 0.2) is 46.1 Å². The van der Waals surface area contributed by atoms with Gasteiger partial charge in [0.25, 0.3) is 5.56 Å². The smallest absolute Gasteiger partial charge is 0.371 e. The monoisotopic (exact) mass is 558 g/mol. The summed E-state index contributed by atoms with van der Waals surface area (Å²) in [6.07, 6.45) is -6.12. The number of piperazine rings is 1. The molecule has 0 radical (unpaired) electrons. The lowest BCUT2D eigenvalue weighted by atomic mass is 9.85. The maximum Gasteiger partial charge on any atom is 0.422 e. The molecule has 214 valence electrons. The van der Waals surface area contributed by atoms with Crippen LogP contribution in [0.4, 0.5) is 26.3 Å². The summed E-state index contributed by atoms with van der Waals surface area (Å²) in [5.41, 5.74) is -2.33. The zero-order valence-corrected chi connectivity index (χ0v) is 21.9. The first-order valence-electron chi connectivity index (χ1n) is 12.7. The van der Waals surface area contributed by atoms with Crippen LogP contribution in [0.2, 0.25) is 0 Å². The van der Waals surface area contributed by atoms with Gasteiger partial charge in [-0.3, -0.25) is 9.69 Å². The van der Waals surface area contributed by atoms with Crippen LogP contribution in [0.25, 0.3) is 0 Å². The minimum Gasteiger partial charge on any atom is -0.371 e. The zero-order valence-electron chi connectivity index (χ0n) is 21.9. The highest BCUT2D eigenvalue weighted by Crippen LogP contribution is 2.46. The predicted molar refractivity (Wildman–Crippen MR) is 135 cm³/mol. The number of hydrogen-bond donors (Lipinski definition) is 1. The number of aromatic amines is 1. The average molecular weight is 559 g/mol. The lowest BCUT2D eigenvalue weighted by Crippen LogP contribution is -2.47. The van der Waals surface area contributed by atoms with Crippen molar-refractivity contribution in [3.05, 3.63) is 63.5 Å². The Morgan fingerprint density at radius 3 is 2.33 bits per heavy atom. The molecular weight excluding hydrogens is 526 g/mol. The first kappa shape index (κ1) is 28.9. The molecule has 2 saturated heterocycles. The first-order chi connectivity index (χ1) is 18.2. The van der Waals surface area contributed by atoms with Gasteiger partial charge in [-0.15, -0.1) is 0 Å². The molecule has 0 spiro atoms. The molecular formula is C26H32F6N6O. The van der Waals surface area contributed by atoms with Gasteiger partial charge in [-0.2, -0.15) is 31.4 Å². The molecule has 2 aliphatic heterocycles. The predicted octanol–water partition coefficient (Wildman–Crippen LogP) is 4.67. The standard InChI is InChI=1S/C26H32F6N6O/c1-5-18(25(27,28)29)14-33-17(3)37-12-10-36(11-13-37)16(2)24(4)8-9-38(15-24)20-7-6-19-21(26(30,31)32)23(39)35-34-22(19)20/h5,14,20H,2-3,6-13,15H2,1,4H3,(H,35,39)/b18-5+,33-14-. The molecule has 1 N–H and O–H groups in total. The molecule has 3 aliphatic rings. The number of likely N-dealkylation sites (tertiary alicyclic amines) is 1. The topological polar surface area (TPSA) is 67.8 Å². The van der Waals surface area contributed by atoms with Crippen molar-refractivity contribution in [2.24, 2.45) is 10.4 Å². The van der Waals surface area contributed by atoms with Gasteiger partial charge in [0.15, 0.2) is 0 Å². The number of aliphatic imine (C=N–C) groups is 1. The molecule has 0 amide bonds. The van der Waals surface area contributed by atoms with E-state index in [1.807, 2.05) is 10.00 Å². The van der Waals surface area contributed by atoms with E-state index in [-0.39, 0.29) is 35.0 Å². The summed E-state index contributed by atoms with van der Waals surface area (Å²) in [6.45, 7) is 15.0. The van der Waals surface area contributed by atoms with Gasteiger partial charge >= 0.3 is 12.4 Å². The molecule has 2 unspecified atom stereocenters. The van der Waals surface area contributed by atoms with Crippen molar-refractivity contribution < 1.29 is 26.3 Å². The SMILES string of the molecule is C=C(/N=C\C(=C/C)C(F)(F)F)N1CCN(C(=C)C2(C)CCN(C3CCc4c3n[nH]c(=O)c4C(F)(F)F)C2)CC1. The van der Waals surface area contributed by atoms with E-state index in [4.69, 9.17) is 0 Å². The van der Waals surface area contributed by atoms with E-state index in [0.29, 0.717) is 45.7 Å². The van der Waals surface area contributed by atoms with Gasteiger partial charge in [-0.05, 0) is 38.3 Å². The summed E-state index contributed by atoms with van der Waals surface area (Å²) in [6, 6.07) is -0.315. The summed E-state index contributed by atoms with van der Waals surface area (Å²) >= 11 is 0. The minimum absolute atomic E-state index is 0.0144. The van der Waals surface area contributed by atoms with Gasteiger partial charge in [0.2, 0.25) is 0 Å². The number of aromatic nitrogens is 2. The molecule has 13 heteroatoms. The van der Waals surface area contributed by atoms with Crippen molar-refractivity contribution in [1.29, 1.82) is 0 Å². The molecule has 1 aromatic heterocycles. The summed E-state index contributed by atoms with van der Waals surface area (Å²) in [4.78, 5) is 21.9. The van der Waals surface area contributed by atoms with Gasteiger partial charge in [-0.1, -0.05) is 26.2 Å². The van der Waals surface area contributed by atoms with E-state index in [0.717, 1.165) is 24.4 Å². The Labute approximate surface area is 222 Å². The van der Waals surface area contributed by atoms with Gasteiger partial charge in [0.05, 0.1) is 17.3 Å². The fourth-order valence-electron chi connectivity index (χ4n) is 5.75. The molecule has 2 fully saturated rings. The first-order valence-corrected chi connectivity index (χ1v) is 12.7. The number of fused-ring (bicyclic) bond motifs is 1. The van der Waals surface area contributed by atoms with E-state index in [1.54, 1.807) is 0 Å². The van der Waals surface area contributed by atoms with E-state index in [9.17, 15) is 31.1 Å². The number of halogens is 6. The van der Waals surface area contributed by atoms with Gasteiger partial charge in [-0.25, -0.2) is 10.1 Å². The third-order valence-corrected chi connectivity index (χ3v) is 8.04. The van der Waals surface area contributed by atoms with Crippen LogP contribution in [0.1, 0.15) is 49.6 Å². The Kier molecular flexibility index (Phi) is 7.76. The number of H-pyrrole nitrogens is 1. The highest BCUT2D eigenvalue weighted by atomic mass is 19.4. The van der Waals surface area contributed by atoms with Crippen molar-refractivity contribution in [3.8, 4) is 0 Å². The second-order valence-corrected chi connectivity index (χ2v) is 10.5. The second kappa shape index (κ2) is 10.5. The molecule has 0 saturated carbocycles. The normalized spacial score (nSPS) is 25.0. The lowest BCUT2D eigenvalue weighted by molar-refractivity contribution is -0.139. The van der Waals surface area contributed by atoms with Crippen molar-refractivity contribution in [2.75, 3.05) is 39.3 Å². The number of alkyl halides is 6. The average Bonchev–Trinajstić information content (AvgIpc) is 3.46. The Hall–Kier alpha value is -3.09. The second-order valence-electron chi connectivity index (χ2n) is 10.5. The maximum absolute atomic E-state index is 13.5. The van der Waals surface area contributed by atoms with Crippen LogP contribution in [0.3, 0.4) is 0 Å². The third-order valence-electron chi connectivity index (χ3n) is 8.04. The molecule has 0 bridgehead atoms. The highest BCUT2D eigenvalue weighted by Gasteiger charge is 2.46. The fraction of sp³-hybridized carbons (Fsp3) is 0.577. The molecule has 39 heavy (non-hydrogen) atoms. The number of nitrogens with one attached hydrogen (secondary N) is 1. The third kappa shape index (κ3) is 5.78. The largest absolute Gasteiger partial charge is 0.422 e. The van der Waals surface area contributed by atoms with Gasteiger partial charge in [0.1, 0.15) is 11.4 Å². The Bertz CT molecular complexity index is 1240. The Balaban J connectivity index is 1.38. The molecule has 2 atom stereocenters. The minimum atomic E-state index is -4.74. The van der Waals surface area contributed by atoms with Crippen molar-refractivity contribution in [2.45, 2.75) is 51.5 Å². The summed E-state index contributed by atoms with van der Waals surface area (Å²) in [5, 5.41) is 6.04. The van der Waals surface area contributed by atoms with Crippen molar-refractivity contribution in [1.82, 2.24) is 24.9 Å². The molecule has 7 nitrogen and oxygen atoms in total. The van der Waals surface area contributed by atoms with E-state index in [1.165, 1.54) is 6.92 Å². The van der Waals surface area contributed by atoms with Crippen LogP contribution in [0.5, 0.6) is 0 Å². The summed E-state index contributed by atoms with van der Waals surface area (Å²) in [7, 11) is 0. The quantitative estimate of drug-likeness (QED) is 0.406. The van der Waals surface area contributed by atoms with Gasteiger partial charge in [0, 0.05) is 50.1 Å². The Morgan fingerprint density at radius 1 is 1.10 bits per heavy atom. The number of hydrogen-bond acceptors (Lipinski definition) is 6. The maximum atomic E-state index is 13.5. The number of allylic oxidation sites excluding steroid dienone is 2. The van der Waals surface area contributed by atoms with E-state index in [2.05, 4.69) is 40.0 Å². The van der Waals surface area contributed by atoms with Crippen LogP contribution >= 0.6 is 0 Å². The molecule has 1 aromatic rings. The zero-order chi connectivity index (χ0) is 28.8. The van der Waals surface area contributed by atoms with Crippen LogP contribution in [-0.2, 0) is 12.6 Å². The van der Waals surface area contributed by atoms with Crippen molar-refractivity contribution >= 4 is 6.21 Å². The van der Waals surface area contributed by atoms with Crippen LogP contribution in [0, 0.1) is 5.41 Å². The van der Waals surface area contributed by atoms with E-state index >= 15 is 0 Å². The molecule has 1 aliphatic carbocycles. The highest BCUT2D eigenvalue weighted by molar-refractivity contribution is 5.80. The van der Waals surface area contributed by atoms with Crippen LogP contribution < -0.4 is 5.56 Å². The molecule has 4 rings (SSSR count). The van der Waals surface area contributed by atoms with Crippen molar-refractivity contribution in [3.63, 3.8) is 0 Å². The van der Waals surface area contributed by atoms with E-state index < -0.39 is 29.0 Å². The molecule has 3 heterocycles. The summed E-state index contributed by atoms with van der Waals surface area (Å²) in [5.74, 6) is 0.255. The fourth-order valence-corrected chi connectivity index (χ4v) is 5.75. The van der Waals surface area contributed by atoms with Gasteiger partial charge < -0.3 is 9.80 Å². The molecule has 0 aromatic carbocycles. The summed E-state index contributed by atoms with van der Waals surface area (Å²) < 4.78 is 79.4. The number of nitrogens with zero attached hydrogens (tertiary/aromatic N) is 5. The lowest BCUT2D eigenvalue weighted by Gasteiger charge is -2.42. The Morgan fingerprint density at radius 2 is 1.74 bits per heavy atom. The number of rotatable bonds is 6. The van der Waals surface area contributed by atoms with Crippen LogP contribution in [-0.4, -0.2) is 76.6 Å².